The minimum Gasteiger partial charge on any atom is -0.454 e. The summed E-state index contributed by atoms with van der Waals surface area (Å²) >= 11 is 5.11. The van der Waals surface area contributed by atoms with Gasteiger partial charge in [0, 0.05) is 16.3 Å². The minimum absolute atomic E-state index is 0.0845. The summed E-state index contributed by atoms with van der Waals surface area (Å²) in [5, 5.41) is 2.96. The van der Waals surface area contributed by atoms with E-state index in [1.165, 1.54) is 0 Å². The van der Waals surface area contributed by atoms with E-state index in [9.17, 15) is 4.79 Å². The van der Waals surface area contributed by atoms with E-state index in [0.29, 0.717) is 5.75 Å². The zero-order valence-electron chi connectivity index (χ0n) is 11.6. The van der Waals surface area contributed by atoms with Crippen LogP contribution >= 0.6 is 27.7 Å². The molecule has 1 aromatic carbocycles. The van der Waals surface area contributed by atoms with Crippen LogP contribution in [0.25, 0.3) is 0 Å². The highest BCUT2D eigenvalue weighted by Gasteiger charge is 2.16. The first-order valence-electron chi connectivity index (χ1n) is 6.55. The Bertz CT molecular complexity index is 496. The zero-order chi connectivity index (χ0) is 14.5. The first-order valence-corrected chi connectivity index (χ1v) is 8.50. The van der Waals surface area contributed by atoms with E-state index in [2.05, 4.69) is 28.2 Å². The summed E-state index contributed by atoms with van der Waals surface area (Å²) in [6.07, 6.45) is 0.949. The van der Waals surface area contributed by atoms with E-state index < -0.39 is 0 Å². The van der Waals surface area contributed by atoms with Crippen molar-refractivity contribution in [2.45, 2.75) is 32.1 Å². The number of nitrogens with one attached hydrogen (secondary N) is 1. The second-order valence-electron chi connectivity index (χ2n) is 4.67. The van der Waals surface area contributed by atoms with E-state index >= 15 is 0 Å². The Morgan fingerprint density at radius 1 is 1.45 bits per heavy atom. The Morgan fingerprint density at radius 2 is 2.15 bits per heavy atom. The van der Waals surface area contributed by atoms with E-state index in [1.807, 2.05) is 19.1 Å². The largest absolute Gasteiger partial charge is 0.454 e. The fraction of sp³-hybridized carbons (Fsp3) is 0.500. The van der Waals surface area contributed by atoms with Crippen LogP contribution in [0.5, 0.6) is 11.5 Å². The number of halogens is 1. The third-order valence-electron chi connectivity index (χ3n) is 3.05. The molecule has 0 saturated heterocycles. The molecular weight excluding hydrogens is 342 g/mol. The molecule has 110 valence electrons. The molecule has 1 aliphatic heterocycles. The molecular formula is C14H18BrNO3S. The number of fused-ring (bicyclic) bond motifs is 1. The number of benzene rings is 1. The van der Waals surface area contributed by atoms with Crippen molar-refractivity contribution in [1.82, 2.24) is 5.32 Å². The van der Waals surface area contributed by atoms with Crippen molar-refractivity contribution in [3.63, 3.8) is 0 Å². The summed E-state index contributed by atoms with van der Waals surface area (Å²) in [5.41, 5.74) is 1.11. The third-order valence-corrected chi connectivity index (χ3v) is 4.77. The minimum atomic E-state index is 0.0845. The van der Waals surface area contributed by atoms with E-state index in [0.717, 1.165) is 33.7 Å². The molecule has 2 rings (SSSR count). The van der Waals surface area contributed by atoms with Crippen LogP contribution in [0.4, 0.5) is 0 Å². The third kappa shape index (κ3) is 4.06. The van der Waals surface area contributed by atoms with Gasteiger partial charge in [-0.25, -0.2) is 0 Å². The van der Waals surface area contributed by atoms with Crippen LogP contribution in [0.15, 0.2) is 16.6 Å². The first kappa shape index (κ1) is 15.5. The lowest BCUT2D eigenvalue weighted by Crippen LogP contribution is -2.33. The molecule has 20 heavy (non-hydrogen) atoms. The van der Waals surface area contributed by atoms with Gasteiger partial charge in [-0.2, -0.15) is 0 Å². The average Bonchev–Trinajstić information content (AvgIpc) is 2.85. The first-order chi connectivity index (χ1) is 9.60. The van der Waals surface area contributed by atoms with Gasteiger partial charge in [-0.3, -0.25) is 4.79 Å². The predicted octanol–water partition coefficient (Wildman–Crippen LogP) is 3.33. The standard InChI is InChI=1S/C14H18BrNO3S/c1-3-9(2)16-14(17)7-20-6-10-4-12-13(5-11(10)15)19-8-18-12/h4-5,9H,3,6-8H2,1-2H3,(H,16,17)/t9-/m1/s1. The van der Waals surface area contributed by atoms with Gasteiger partial charge in [-0.1, -0.05) is 22.9 Å². The molecule has 1 aliphatic rings. The molecule has 0 fully saturated rings. The Hall–Kier alpha value is -0.880. The number of carbonyl (C=O) groups is 1. The molecule has 0 spiro atoms. The van der Waals surface area contributed by atoms with Gasteiger partial charge in [-0.15, -0.1) is 11.8 Å². The van der Waals surface area contributed by atoms with Crippen LogP contribution in [-0.4, -0.2) is 24.5 Å². The fourth-order valence-electron chi connectivity index (χ4n) is 1.74. The average molecular weight is 360 g/mol. The van der Waals surface area contributed by atoms with Gasteiger partial charge in [0.25, 0.3) is 0 Å². The number of hydrogen-bond acceptors (Lipinski definition) is 4. The zero-order valence-corrected chi connectivity index (χ0v) is 14.0. The van der Waals surface area contributed by atoms with E-state index in [-0.39, 0.29) is 18.7 Å². The topological polar surface area (TPSA) is 47.6 Å². The van der Waals surface area contributed by atoms with Gasteiger partial charge in [0.1, 0.15) is 0 Å². The van der Waals surface area contributed by atoms with Crippen molar-refractivity contribution in [3.05, 3.63) is 22.2 Å². The lowest BCUT2D eigenvalue weighted by molar-refractivity contribution is -0.119. The maximum atomic E-state index is 11.7. The summed E-state index contributed by atoms with van der Waals surface area (Å²) < 4.78 is 11.6. The maximum Gasteiger partial charge on any atom is 0.231 e. The van der Waals surface area contributed by atoms with E-state index in [4.69, 9.17) is 9.47 Å². The normalized spacial score (nSPS) is 14.2. The van der Waals surface area contributed by atoms with Gasteiger partial charge in [0.05, 0.1) is 5.75 Å². The van der Waals surface area contributed by atoms with Gasteiger partial charge in [0.15, 0.2) is 11.5 Å². The predicted molar refractivity (Wildman–Crippen MR) is 84.3 cm³/mol. The van der Waals surface area contributed by atoms with Crippen molar-refractivity contribution in [1.29, 1.82) is 0 Å². The maximum absolute atomic E-state index is 11.7. The Morgan fingerprint density at radius 3 is 2.85 bits per heavy atom. The van der Waals surface area contributed by atoms with Crippen LogP contribution in [0, 0.1) is 0 Å². The second-order valence-corrected chi connectivity index (χ2v) is 6.51. The number of amides is 1. The molecule has 0 radical (unpaired) electrons. The van der Waals surface area contributed by atoms with Gasteiger partial charge >= 0.3 is 0 Å². The van der Waals surface area contributed by atoms with Crippen LogP contribution < -0.4 is 14.8 Å². The highest BCUT2D eigenvalue weighted by molar-refractivity contribution is 9.10. The highest BCUT2D eigenvalue weighted by Crippen LogP contribution is 2.38. The van der Waals surface area contributed by atoms with Gasteiger partial charge < -0.3 is 14.8 Å². The fourth-order valence-corrected chi connectivity index (χ4v) is 3.22. The van der Waals surface area contributed by atoms with Crippen molar-refractivity contribution in [2.24, 2.45) is 0 Å². The molecule has 1 amide bonds. The second kappa shape index (κ2) is 7.22. The number of hydrogen-bond donors (Lipinski definition) is 1. The van der Waals surface area contributed by atoms with Crippen molar-refractivity contribution >= 4 is 33.6 Å². The monoisotopic (exact) mass is 359 g/mol. The van der Waals surface area contributed by atoms with Crippen LogP contribution in [0.1, 0.15) is 25.8 Å². The van der Waals surface area contributed by atoms with Gasteiger partial charge in [0.2, 0.25) is 12.7 Å². The Kier molecular flexibility index (Phi) is 5.60. The van der Waals surface area contributed by atoms with Gasteiger partial charge in [-0.05, 0) is 31.0 Å². The summed E-state index contributed by atoms with van der Waals surface area (Å²) in [6, 6.07) is 4.11. The van der Waals surface area contributed by atoms with Crippen LogP contribution in [0.2, 0.25) is 0 Å². The van der Waals surface area contributed by atoms with Crippen molar-refractivity contribution < 1.29 is 14.3 Å². The molecule has 0 unspecified atom stereocenters. The molecule has 4 nitrogen and oxygen atoms in total. The van der Waals surface area contributed by atoms with Crippen molar-refractivity contribution in [2.75, 3.05) is 12.5 Å². The summed E-state index contributed by atoms with van der Waals surface area (Å²) in [4.78, 5) is 11.7. The molecule has 1 aromatic rings. The van der Waals surface area contributed by atoms with E-state index in [1.54, 1.807) is 11.8 Å². The van der Waals surface area contributed by atoms with Crippen LogP contribution in [0.3, 0.4) is 0 Å². The lowest BCUT2D eigenvalue weighted by Gasteiger charge is -2.11. The summed E-state index contributed by atoms with van der Waals surface area (Å²) in [5.74, 6) is 2.84. The highest BCUT2D eigenvalue weighted by atomic mass is 79.9. The Balaban J connectivity index is 1.84. The molecule has 1 atom stereocenters. The summed E-state index contributed by atoms with van der Waals surface area (Å²) in [6.45, 7) is 4.34. The number of ether oxygens (including phenoxy) is 2. The lowest BCUT2D eigenvalue weighted by atomic mass is 10.2. The molecule has 6 heteroatoms. The molecule has 0 bridgehead atoms. The molecule has 0 aromatic heterocycles. The molecule has 0 aliphatic carbocycles. The molecule has 1 heterocycles. The Labute approximate surface area is 131 Å². The quantitative estimate of drug-likeness (QED) is 0.846. The summed E-state index contributed by atoms with van der Waals surface area (Å²) in [7, 11) is 0. The smallest absolute Gasteiger partial charge is 0.231 e. The van der Waals surface area contributed by atoms with Crippen molar-refractivity contribution in [3.8, 4) is 11.5 Å². The number of rotatable bonds is 6. The van der Waals surface area contributed by atoms with Crippen LogP contribution in [-0.2, 0) is 10.5 Å². The number of thioether (sulfide) groups is 1. The molecule has 1 N–H and O–H groups in total. The number of carbonyl (C=O) groups excluding carboxylic acids is 1. The SMILES string of the molecule is CC[C@@H](C)NC(=O)CSCc1cc2c(cc1Br)OCO2. The molecule has 0 saturated carbocycles.